The predicted molar refractivity (Wildman–Crippen MR) is 181 cm³/mol. The third-order valence-corrected chi connectivity index (χ3v) is 8.91. The molecule has 0 spiro atoms. The van der Waals surface area contributed by atoms with Crippen LogP contribution in [0.4, 0.5) is 0 Å². The van der Waals surface area contributed by atoms with Gasteiger partial charge in [-0.25, -0.2) is 0 Å². The van der Waals surface area contributed by atoms with Gasteiger partial charge < -0.3 is 20.4 Å². The van der Waals surface area contributed by atoms with Crippen molar-refractivity contribution in [2.75, 3.05) is 0 Å². The van der Waals surface area contributed by atoms with Crippen molar-refractivity contribution < 1.29 is 20.4 Å². The Bertz CT molecular complexity index is 1750. The monoisotopic (exact) mass is 584 g/mol. The van der Waals surface area contributed by atoms with Gasteiger partial charge in [0.25, 0.3) is 0 Å². The minimum Gasteiger partial charge on any atom is -0.508 e. The molecule has 6 aromatic rings. The van der Waals surface area contributed by atoms with E-state index in [-0.39, 0.29) is 22.3 Å². The largest absolute Gasteiger partial charge is 0.508 e. The van der Waals surface area contributed by atoms with Crippen molar-refractivity contribution >= 4 is 21.5 Å². The van der Waals surface area contributed by atoms with Crippen molar-refractivity contribution in [1.82, 2.24) is 0 Å². The molecule has 0 aliphatic heterocycles. The summed E-state index contributed by atoms with van der Waals surface area (Å²) in [6.45, 7) is 8.74. The van der Waals surface area contributed by atoms with E-state index in [9.17, 15) is 20.4 Å². The lowest BCUT2D eigenvalue weighted by atomic mass is 9.73. The molecule has 0 aliphatic rings. The molecule has 0 atom stereocenters. The van der Waals surface area contributed by atoms with Gasteiger partial charge in [0.05, 0.1) is 0 Å². The van der Waals surface area contributed by atoms with E-state index < -0.39 is 0 Å². The van der Waals surface area contributed by atoms with E-state index >= 15 is 0 Å². The Balaban J connectivity index is 0.000000182. The summed E-state index contributed by atoms with van der Waals surface area (Å²) in [5, 5.41) is 43.1. The lowest BCUT2D eigenvalue weighted by Gasteiger charge is -2.31. The molecule has 0 amide bonds. The van der Waals surface area contributed by atoms with Crippen LogP contribution in [0.15, 0.2) is 121 Å². The maximum atomic E-state index is 10.2. The van der Waals surface area contributed by atoms with E-state index in [2.05, 4.69) is 39.8 Å². The van der Waals surface area contributed by atoms with E-state index in [1.165, 1.54) is 11.1 Å². The number of hydrogen-bond donors (Lipinski definition) is 4. The predicted octanol–water partition coefficient (Wildman–Crippen LogP) is 9.93. The fraction of sp³-hybridized carbons (Fsp3) is 0.200. The summed E-state index contributed by atoms with van der Waals surface area (Å²) in [6, 6.07) is 38.2. The zero-order valence-corrected chi connectivity index (χ0v) is 25.8. The van der Waals surface area contributed by atoms with Crippen LogP contribution < -0.4 is 0 Å². The van der Waals surface area contributed by atoms with Crippen LogP contribution in [0, 0.1) is 0 Å². The summed E-state index contributed by atoms with van der Waals surface area (Å²) in [5.41, 5.74) is 4.26. The van der Waals surface area contributed by atoms with Crippen molar-refractivity contribution in [3.63, 3.8) is 0 Å². The van der Waals surface area contributed by atoms with Crippen molar-refractivity contribution in [2.24, 2.45) is 0 Å². The van der Waals surface area contributed by atoms with Gasteiger partial charge in [-0.15, -0.1) is 0 Å². The highest BCUT2D eigenvalue weighted by Crippen LogP contribution is 2.42. The first-order chi connectivity index (χ1) is 21.1. The second-order valence-corrected chi connectivity index (χ2v) is 12.2. The number of phenolic OH excluding ortho intramolecular Hbond substituents is 4. The zero-order valence-electron chi connectivity index (χ0n) is 25.8. The maximum Gasteiger partial charge on any atom is 0.123 e. The molecule has 6 aromatic carbocycles. The normalized spacial score (nSPS) is 11.7. The molecule has 224 valence electrons. The van der Waals surface area contributed by atoms with Gasteiger partial charge in [-0.1, -0.05) is 119 Å². The van der Waals surface area contributed by atoms with E-state index in [1.54, 1.807) is 36.4 Å². The highest BCUT2D eigenvalue weighted by Gasteiger charge is 2.29. The Morgan fingerprint density at radius 1 is 0.455 bits per heavy atom. The van der Waals surface area contributed by atoms with Crippen molar-refractivity contribution in [3.8, 4) is 23.0 Å². The topological polar surface area (TPSA) is 80.9 Å². The second-order valence-electron chi connectivity index (χ2n) is 12.2. The number of benzene rings is 6. The Labute approximate surface area is 259 Å². The molecular formula is C40H40O4. The molecular weight excluding hydrogens is 544 g/mol. The van der Waals surface area contributed by atoms with Crippen molar-refractivity contribution in [3.05, 3.63) is 144 Å². The van der Waals surface area contributed by atoms with Gasteiger partial charge in [0.1, 0.15) is 23.0 Å². The molecule has 6 rings (SSSR count). The average Bonchev–Trinajstić information content (AvgIpc) is 3.02. The number of fused-ring (bicyclic) bond motifs is 2. The fourth-order valence-electron chi connectivity index (χ4n) is 6.42. The van der Waals surface area contributed by atoms with Crippen LogP contribution in [0.2, 0.25) is 0 Å². The van der Waals surface area contributed by atoms with Gasteiger partial charge in [-0.3, -0.25) is 0 Å². The van der Waals surface area contributed by atoms with Crippen LogP contribution in [0.25, 0.3) is 21.5 Å². The molecule has 0 aliphatic carbocycles. The summed E-state index contributed by atoms with van der Waals surface area (Å²) in [6.07, 6.45) is 2.08. The van der Waals surface area contributed by atoms with Gasteiger partial charge in [0.15, 0.2) is 0 Å². The summed E-state index contributed by atoms with van der Waals surface area (Å²) in [4.78, 5) is 0. The molecule has 0 unspecified atom stereocenters. The molecule has 0 fully saturated rings. The molecule has 0 radical (unpaired) electrons. The van der Waals surface area contributed by atoms with Gasteiger partial charge in [0, 0.05) is 21.6 Å². The van der Waals surface area contributed by atoms with E-state index in [1.807, 2.05) is 72.8 Å². The Kier molecular flexibility index (Phi) is 8.55. The molecule has 0 bridgehead atoms. The van der Waals surface area contributed by atoms with E-state index in [0.29, 0.717) is 11.5 Å². The third-order valence-electron chi connectivity index (χ3n) is 8.91. The maximum absolute atomic E-state index is 10.2. The van der Waals surface area contributed by atoms with E-state index in [4.69, 9.17) is 0 Å². The minimum atomic E-state index is -0.291. The molecule has 4 nitrogen and oxygen atoms in total. The van der Waals surface area contributed by atoms with Gasteiger partial charge in [-0.05, 0) is 75.8 Å². The molecule has 4 N–H and O–H groups in total. The molecule has 0 heterocycles. The fourth-order valence-corrected chi connectivity index (χ4v) is 6.42. The average molecular weight is 585 g/mol. The molecule has 44 heavy (non-hydrogen) atoms. The minimum absolute atomic E-state index is 0.101. The molecule has 0 saturated heterocycles. The number of phenols is 4. The van der Waals surface area contributed by atoms with Crippen molar-refractivity contribution in [2.45, 2.75) is 51.4 Å². The zero-order chi connectivity index (χ0) is 31.5. The SMILES string of the molecule is CC(C)(c1ccc(O)c2ccccc12)c1ccc(O)c2ccccc12.CCCC(C)(c1ccc(O)cc1)c1ccc(O)cc1. The summed E-state index contributed by atoms with van der Waals surface area (Å²) >= 11 is 0. The first kappa shape index (κ1) is 30.5. The van der Waals surface area contributed by atoms with Gasteiger partial charge in [-0.2, -0.15) is 0 Å². The Hall–Kier alpha value is -4.96. The standard InChI is InChI=1S/C23H20O2.C17H20O2/c1-23(2,19-11-13-21(24)17-9-5-3-7-15(17)19)20-12-14-22(25)18-10-6-4-8-16(18)20;1-3-12-17(2,13-4-8-15(18)9-5-13)14-6-10-16(19)11-7-14/h3-14,24-25H,1-2H3;4-11,18-19H,3,12H2,1-2H3. The van der Waals surface area contributed by atoms with Crippen LogP contribution >= 0.6 is 0 Å². The first-order valence-corrected chi connectivity index (χ1v) is 15.1. The van der Waals surface area contributed by atoms with Crippen LogP contribution in [0.5, 0.6) is 23.0 Å². The number of rotatable bonds is 6. The van der Waals surface area contributed by atoms with Crippen LogP contribution in [-0.2, 0) is 10.8 Å². The smallest absolute Gasteiger partial charge is 0.123 e. The van der Waals surface area contributed by atoms with Gasteiger partial charge in [0.2, 0.25) is 0 Å². The highest BCUT2D eigenvalue weighted by atomic mass is 16.3. The molecule has 0 aromatic heterocycles. The quantitative estimate of drug-likeness (QED) is 0.157. The Morgan fingerprint density at radius 3 is 1.18 bits per heavy atom. The molecule has 0 saturated carbocycles. The van der Waals surface area contributed by atoms with Crippen LogP contribution in [0.3, 0.4) is 0 Å². The summed E-state index contributed by atoms with van der Waals surface area (Å²) in [7, 11) is 0. The second kappa shape index (κ2) is 12.3. The summed E-state index contributed by atoms with van der Waals surface area (Å²) < 4.78 is 0. The van der Waals surface area contributed by atoms with E-state index in [0.717, 1.165) is 45.5 Å². The van der Waals surface area contributed by atoms with Gasteiger partial charge >= 0.3 is 0 Å². The highest BCUT2D eigenvalue weighted by molar-refractivity contribution is 5.95. The van der Waals surface area contributed by atoms with Crippen LogP contribution in [0.1, 0.15) is 62.8 Å². The summed E-state index contributed by atoms with van der Waals surface area (Å²) in [5.74, 6) is 1.16. The third kappa shape index (κ3) is 5.80. The lowest BCUT2D eigenvalue weighted by molar-refractivity contribution is 0.470. The Morgan fingerprint density at radius 2 is 0.818 bits per heavy atom. The molecule has 4 heteroatoms. The number of aromatic hydroxyl groups is 4. The van der Waals surface area contributed by atoms with Crippen LogP contribution in [-0.4, -0.2) is 20.4 Å². The lowest BCUT2D eigenvalue weighted by Crippen LogP contribution is -2.23. The number of hydrogen-bond acceptors (Lipinski definition) is 4. The van der Waals surface area contributed by atoms with Crippen molar-refractivity contribution in [1.29, 1.82) is 0 Å². The first-order valence-electron chi connectivity index (χ1n) is 15.1.